The molecular weight excluding hydrogens is 381 g/mol. The molecule has 0 saturated carbocycles. The Kier molecular flexibility index (Phi) is 3.89. The van der Waals surface area contributed by atoms with Crippen molar-refractivity contribution in [3.05, 3.63) is 38.5 Å². The molecule has 0 amide bonds. The molecule has 0 aliphatic carbocycles. The Morgan fingerprint density at radius 1 is 1.25 bits per heavy atom. The summed E-state index contributed by atoms with van der Waals surface area (Å²) in [6.07, 6.45) is 1.79. The van der Waals surface area contributed by atoms with Crippen molar-refractivity contribution in [1.82, 2.24) is 15.0 Å². The molecule has 1 heterocycles. The van der Waals surface area contributed by atoms with Gasteiger partial charge in [0, 0.05) is 9.80 Å². The maximum Gasteiger partial charge on any atom is 0.0937 e. The minimum absolute atomic E-state index is 0.446. The van der Waals surface area contributed by atoms with Crippen LogP contribution in [0.1, 0.15) is 5.69 Å². The molecule has 0 aliphatic heterocycles. The van der Waals surface area contributed by atoms with Gasteiger partial charge in [0.15, 0.2) is 0 Å². The van der Waals surface area contributed by atoms with E-state index in [-0.39, 0.29) is 0 Å². The van der Waals surface area contributed by atoms with E-state index in [1.54, 1.807) is 10.9 Å². The quantitative estimate of drug-likeness (QED) is 0.572. The second kappa shape index (κ2) is 5.04. The molecule has 1 aromatic heterocycles. The molecule has 16 heavy (non-hydrogen) atoms. The highest BCUT2D eigenvalue weighted by Crippen LogP contribution is 2.34. The molecule has 2 aromatic rings. The standard InChI is InChI=1S/C9H5Br2Cl2N3/c10-3-5-4-16(15-14-5)7-2-1-6(11)8(12)9(7)13/h1-2,4H,3H2. The Hall–Kier alpha value is -0.100. The van der Waals surface area contributed by atoms with Crippen LogP contribution >= 0.6 is 55.1 Å². The lowest BCUT2D eigenvalue weighted by atomic mass is 10.3. The van der Waals surface area contributed by atoms with Crippen molar-refractivity contribution in [2.24, 2.45) is 0 Å². The number of nitrogens with zero attached hydrogens (tertiary/aromatic N) is 3. The highest BCUT2D eigenvalue weighted by atomic mass is 79.9. The van der Waals surface area contributed by atoms with Crippen molar-refractivity contribution in [2.75, 3.05) is 0 Å². The first-order valence-electron chi connectivity index (χ1n) is 4.24. The van der Waals surface area contributed by atoms with Crippen LogP contribution in [-0.4, -0.2) is 15.0 Å². The van der Waals surface area contributed by atoms with E-state index in [1.165, 1.54) is 0 Å². The topological polar surface area (TPSA) is 30.7 Å². The molecule has 0 spiro atoms. The smallest absolute Gasteiger partial charge is 0.0937 e. The Balaban J connectivity index is 2.52. The minimum Gasteiger partial charge on any atom is -0.219 e. The zero-order valence-electron chi connectivity index (χ0n) is 7.79. The van der Waals surface area contributed by atoms with Crippen LogP contribution in [0, 0.1) is 0 Å². The van der Waals surface area contributed by atoms with Crippen molar-refractivity contribution in [2.45, 2.75) is 5.33 Å². The summed E-state index contributed by atoms with van der Waals surface area (Å²) in [5.74, 6) is 0. The largest absolute Gasteiger partial charge is 0.219 e. The van der Waals surface area contributed by atoms with E-state index in [1.807, 2.05) is 12.1 Å². The molecule has 0 atom stereocenters. The second-order valence-electron chi connectivity index (χ2n) is 2.98. The van der Waals surface area contributed by atoms with Crippen LogP contribution in [0.4, 0.5) is 0 Å². The molecule has 84 valence electrons. The normalized spacial score (nSPS) is 10.8. The Labute approximate surface area is 119 Å². The molecular formula is C9H5Br2Cl2N3. The first-order chi connectivity index (χ1) is 7.63. The van der Waals surface area contributed by atoms with Gasteiger partial charge in [-0.25, -0.2) is 4.68 Å². The molecule has 0 saturated heterocycles. The lowest BCUT2D eigenvalue weighted by Gasteiger charge is -2.05. The lowest BCUT2D eigenvalue weighted by Crippen LogP contribution is -1.96. The average molecular weight is 386 g/mol. The SMILES string of the molecule is Clc1c(Br)ccc(-n2cc(CBr)nn2)c1Cl. The molecule has 0 aliphatic rings. The zero-order valence-corrected chi connectivity index (χ0v) is 12.5. The molecule has 0 unspecified atom stereocenters. The van der Waals surface area contributed by atoms with Crippen LogP contribution in [0.25, 0.3) is 5.69 Å². The van der Waals surface area contributed by atoms with Crippen LogP contribution in [0.15, 0.2) is 22.8 Å². The fourth-order valence-corrected chi connectivity index (χ4v) is 2.28. The van der Waals surface area contributed by atoms with E-state index in [9.17, 15) is 0 Å². The van der Waals surface area contributed by atoms with Crippen LogP contribution in [0.2, 0.25) is 10.0 Å². The maximum absolute atomic E-state index is 6.12. The number of hydrogen-bond donors (Lipinski definition) is 0. The maximum atomic E-state index is 6.12. The van der Waals surface area contributed by atoms with E-state index in [0.717, 1.165) is 10.2 Å². The number of hydrogen-bond acceptors (Lipinski definition) is 2. The van der Waals surface area contributed by atoms with E-state index in [0.29, 0.717) is 21.1 Å². The Morgan fingerprint density at radius 3 is 2.62 bits per heavy atom. The summed E-state index contributed by atoms with van der Waals surface area (Å²) in [4.78, 5) is 0. The summed E-state index contributed by atoms with van der Waals surface area (Å²) in [5, 5.41) is 9.49. The van der Waals surface area contributed by atoms with Crippen LogP contribution in [-0.2, 0) is 5.33 Å². The Bertz CT molecular complexity index is 527. The van der Waals surface area contributed by atoms with Gasteiger partial charge in [0.1, 0.15) is 0 Å². The third-order valence-electron chi connectivity index (χ3n) is 1.94. The van der Waals surface area contributed by atoms with Gasteiger partial charge < -0.3 is 0 Å². The van der Waals surface area contributed by atoms with E-state index >= 15 is 0 Å². The summed E-state index contributed by atoms with van der Waals surface area (Å²) in [5.41, 5.74) is 1.53. The molecule has 7 heteroatoms. The van der Waals surface area contributed by atoms with Crippen LogP contribution < -0.4 is 0 Å². The molecule has 0 N–H and O–H groups in total. The lowest BCUT2D eigenvalue weighted by molar-refractivity contribution is 0.800. The molecule has 0 radical (unpaired) electrons. The van der Waals surface area contributed by atoms with Crippen molar-refractivity contribution >= 4 is 55.1 Å². The van der Waals surface area contributed by atoms with Gasteiger partial charge in [-0.15, -0.1) is 5.10 Å². The first kappa shape index (κ1) is 12.4. The molecule has 3 nitrogen and oxygen atoms in total. The van der Waals surface area contributed by atoms with E-state index < -0.39 is 0 Å². The fraction of sp³-hybridized carbons (Fsp3) is 0.111. The van der Waals surface area contributed by atoms with E-state index in [4.69, 9.17) is 23.2 Å². The van der Waals surface area contributed by atoms with Crippen molar-refractivity contribution in [1.29, 1.82) is 0 Å². The van der Waals surface area contributed by atoms with Gasteiger partial charge in [-0.2, -0.15) is 0 Å². The van der Waals surface area contributed by atoms with Gasteiger partial charge >= 0.3 is 0 Å². The summed E-state index contributed by atoms with van der Waals surface area (Å²) in [7, 11) is 0. The monoisotopic (exact) mass is 383 g/mol. The zero-order chi connectivity index (χ0) is 11.7. The first-order valence-corrected chi connectivity index (χ1v) is 6.91. The van der Waals surface area contributed by atoms with Crippen molar-refractivity contribution in [3.8, 4) is 5.69 Å². The third kappa shape index (κ3) is 2.27. The number of benzene rings is 1. The number of aromatic nitrogens is 3. The van der Waals surface area contributed by atoms with Gasteiger partial charge in [-0.1, -0.05) is 44.3 Å². The summed E-state index contributed by atoms with van der Waals surface area (Å²) in [6.45, 7) is 0. The predicted molar refractivity (Wildman–Crippen MR) is 71.7 cm³/mol. The van der Waals surface area contributed by atoms with Gasteiger partial charge in [0.25, 0.3) is 0 Å². The summed E-state index contributed by atoms with van der Waals surface area (Å²) in [6, 6.07) is 3.64. The van der Waals surface area contributed by atoms with Crippen molar-refractivity contribution in [3.63, 3.8) is 0 Å². The number of alkyl halides is 1. The highest BCUT2D eigenvalue weighted by Gasteiger charge is 2.11. The van der Waals surface area contributed by atoms with Gasteiger partial charge in [0.2, 0.25) is 0 Å². The van der Waals surface area contributed by atoms with E-state index in [2.05, 4.69) is 42.2 Å². The van der Waals surface area contributed by atoms with Crippen molar-refractivity contribution < 1.29 is 0 Å². The minimum atomic E-state index is 0.446. The highest BCUT2D eigenvalue weighted by molar-refractivity contribution is 9.10. The Morgan fingerprint density at radius 2 is 2.00 bits per heavy atom. The van der Waals surface area contributed by atoms with Gasteiger partial charge in [-0.05, 0) is 28.1 Å². The number of rotatable bonds is 2. The van der Waals surface area contributed by atoms with Crippen LogP contribution in [0.5, 0.6) is 0 Å². The summed E-state index contributed by atoms with van der Waals surface area (Å²) >= 11 is 18.8. The second-order valence-corrected chi connectivity index (χ2v) is 5.15. The number of halogens is 4. The third-order valence-corrected chi connectivity index (χ3v) is 4.27. The molecule has 2 rings (SSSR count). The fourth-order valence-electron chi connectivity index (χ4n) is 1.17. The molecule has 0 fully saturated rings. The predicted octanol–water partition coefficient (Wildman–Crippen LogP) is 4.23. The van der Waals surface area contributed by atoms with Gasteiger partial charge in [-0.3, -0.25) is 0 Å². The molecule has 1 aromatic carbocycles. The van der Waals surface area contributed by atoms with Gasteiger partial charge in [0.05, 0.1) is 27.6 Å². The molecule has 0 bridgehead atoms. The van der Waals surface area contributed by atoms with Crippen LogP contribution in [0.3, 0.4) is 0 Å². The summed E-state index contributed by atoms with van der Waals surface area (Å²) < 4.78 is 2.35. The average Bonchev–Trinajstić information content (AvgIpc) is 2.74.